The van der Waals surface area contributed by atoms with Crippen molar-refractivity contribution >= 4 is 0 Å². The Morgan fingerprint density at radius 1 is 0.800 bits per heavy atom. The van der Waals surface area contributed by atoms with Crippen molar-refractivity contribution in [3.05, 3.63) is 53.1 Å². The van der Waals surface area contributed by atoms with E-state index < -0.39 is 0 Å². The lowest BCUT2D eigenvalue weighted by Crippen LogP contribution is -2.18. The maximum atomic E-state index is 5.44. The van der Waals surface area contributed by atoms with E-state index in [1.54, 1.807) is 21.3 Å². The van der Waals surface area contributed by atoms with E-state index in [-0.39, 0.29) is 6.04 Å². The molecular weight excluding hydrogens is 314 g/mol. The molecule has 0 fully saturated rings. The number of benzene rings is 2. The van der Waals surface area contributed by atoms with Gasteiger partial charge in [0.05, 0.1) is 21.3 Å². The van der Waals surface area contributed by atoms with E-state index in [4.69, 9.17) is 14.2 Å². The van der Waals surface area contributed by atoms with Crippen LogP contribution < -0.4 is 19.5 Å². The highest BCUT2D eigenvalue weighted by molar-refractivity contribution is 5.54. The first-order valence-electron chi connectivity index (χ1n) is 8.62. The summed E-state index contributed by atoms with van der Waals surface area (Å²) in [5.74, 6) is 2.52. The highest BCUT2D eigenvalue weighted by Crippen LogP contribution is 2.39. The zero-order valence-electron chi connectivity index (χ0n) is 16.1. The number of ether oxygens (including phenoxy) is 3. The third kappa shape index (κ3) is 4.67. The SMILES string of the molecule is COc1cc(C(C)NCc2ccc(C(C)C)cc2)cc(OC)c1OC. The Labute approximate surface area is 151 Å². The molecule has 0 heterocycles. The van der Waals surface area contributed by atoms with Crippen LogP contribution in [-0.4, -0.2) is 21.3 Å². The topological polar surface area (TPSA) is 39.7 Å². The van der Waals surface area contributed by atoms with Crippen LogP contribution in [0.2, 0.25) is 0 Å². The van der Waals surface area contributed by atoms with E-state index in [0.29, 0.717) is 23.2 Å². The molecule has 0 bridgehead atoms. The average molecular weight is 343 g/mol. The summed E-state index contributed by atoms with van der Waals surface area (Å²) in [5, 5.41) is 3.55. The molecule has 0 saturated carbocycles. The van der Waals surface area contributed by atoms with Gasteiger partial charge in [-0.05, 0) is 41.7 Å². The summed E-state index contributed by atoms with van der Waals surface area (Å²) in [7, 11) is 4.88. The minimum atomic E-state index is 0.151. The van der Waals surface area contributed by atoms with Gasteiger partial charge in [0.15, 0.2) is 11.5 Å². The van der Waals surface area contributed by atoms with Crippen molar-refractivity contribution in [2.24, 2.45) is 0 Å². The normalized spacial score (nSPS) is 12.1. The second kappa shape index (κ2) is 8.77. The maximum absolute atomic E-state index is 5.44. The van der Waals surface area contributed by atoms with Crippen LogP contribution in [0.25, 0.3) is 0 Å². The molecule has 0 aromatic heterocycles. The molecule has 0 spiro atoms. The van der Waals surface area contributed by atoms with Crippen molar-refractivity contribution in [1.29, 1.82) is 0 Å². The zero-order chi connectivity index (χ0) is 18.4. The lowest BCUT2D eigenvalue weighted by Gasteiger charge is -2.19. The summed E-state index contributed by atoms with van der Waals surface area (Å²) in [6, 6.07) is 12.9. The van der Waals surface area contributed by atoms with Crippen LogP contribution in [0.15, 0.2) is 36.4 Å². The smallest absolute Gasteiger partial charge is 0.203 e. The van der Waals surface area contributed by atoms with Gasteiger partial charge in [0.2, 0.25) is 5.75 Å². The molecule has 1 unspecified atom stereocenters. The lowest BCUT2D eigenvalue weighted by atomic mass is 10.0. The van der Waals surface area contributed by atoms with Crippen molar-refractivity contribution < 1.29 is 14.2 Å². The molecule has 0 radical (unpaired) electrons. The molecule has 4 nitrogen and oxygen atoms in total. The molecule has 2 aromatic rings. The fourth-order valence-corrected chi connectivity index (χ4v) is 2.76. The fraction of sp³-hybridized carbons (Fsp3) is 0.429. The van der Waals surface area contributed by atoms with Gasteiger partial charge in [0, 0.05) is 12.6 Å². The summed E-state index contributed by atoms with van der Waals surface area (Å²) in [6.07, 6.45) is 0. The first-order valence-corrected chi connectivity index (χ1v) is 8.62. The predicted octanol–water partition coefficient (Wildman–Crippen LogP) is 4.69. The summed E-state index contributed by atoms with van der Waals surface area (Å²) >= 11 is 0. The molecule has 2 aromatic carbocycles. The third-order valence-corrected chi connectivity index (χ3v) is 4.45. The summed E-state index contributed by atoms with van der Waals surface area (Å²) < 4.78 is 16.3. The van der Waals surface area contributed by atoms with Crippen LogP contribution in [0.1, 0.15) is 49.4 Å². The van der Waals surface area contributed by atoms with Gasteiger partial charge in [-0.15, -0.1) is 0 Å². The number of rotatable bonds is 8. The van der Waals surface area contributed by atoms with E-state index in [1.165, 1.54) is 11.1 Å². The van der Waals surface area contributed by atoms with Crippen molar-refractivity contribution in [2.45, 2.75) is 39.3 Å². The monoisotopic (exact) mass is 343 g/mol. The first kappa shape index (κ1) is 19.1. The Kier molecular flexibility index (Phi) is 6.71. The Morgan fingerprint density at radius 2 is 1.36 bits per heavy atom. The Balaban J connectivity index is 2.11. The highest BCUT2D eigenvalue weighted by Gasteiger charge is 2.16. The summed E-state index contributed by atoms with van der Waals surface area (Å²) in [5.41, 5.74) is 3.72. The third-order valence-electron chi connectivity index (χ3n) is 4.45. The maximum Gasteiger partial charge on any atom is 0.203 e. The van der Waals surface area contributed by atoms with Crippen molar-refractivity contribution in [1.82, 2.24) is 5.32 Å². The van der Waals surface area contributed by atoms with Crippen molar-refractivity contribution in [3.8, 4) is 17.2 Å². The molecule has 0 aliphatic carbocycles. The van der Waals surface area contributed by atoms with E-state index >= 15 is 0 Å². The van der Waals surface area contributed by atoms with Gasteiger partial charge < -0.3 is 19.5 Å². The number of methoxy groups -OCH3 is 3. The molecule has 136 valence electrons. The number of hydrogen-bond acceptors (Lipinski definition) is 4. The van der Waals surface area contributed by atoms with E-state index in [9.17, 15) is 0 Å². The largest absolute Gasteiger partial charge is 0.493 e. The fourth-order valence-electron chi connectivity index (χ4n) is 2.76. The lowest BCUT2D eigenvalue weighted by molar-refractivity contribution is 0.323. The van der Waals surface area contributed by atoms with Gasteiger partial charge in [0.1, 0.15) is 0 Å². The number of nitrogens with one attached hydrogen (secondary N) is 1. The summed E-state index contributed by atoms with van der Waals surface area (Å²) in [4.78, 5) is 0. The van der Waals surface area contributed by atoms with Crippen LogP contribution in [0, 0.1) is 0 Å². The highest BCUT2D eigenvalue weighted by atomic mass is 16.5. The van der Waals surface area contributed by atoms with E-state index in [2.05, 4.69) is 50.4 Å². The van der Waals surface area contributed by atoms with Crippen LogP contribution >= 0.6 is 0 Å². The number of hydrogen-bond donors (Lipinski definition) is 1. The average Bonchev–Trinajstić information content (AvgIpc) is 2.64. The van der Waals surface area contributed by atoms with Crippen molar-refractivity contribution in [2.75, 3.05) is 21.3 Å². The molecule has 1 N–H and O–H groups in total. The van der Waals surface area contributed by atoms with Gasteiger partial charge in [0.25, 0.3) is 0 Å². The quantitative estimate of drug-likeness (QED) is 0.755. The van der Waals surface area contributed by atoms with Gasteiger partial charge in [-0.25, -0.2) is 0 Å². The Hall–Kier alpha value is -2.20. The summed E-state index contributed by atoms with van der Waals surface area (Å²) in [6.45, 7) is 7.35. The second-order valence-electron chi connectivity index (χ2n) is 6.46. The van der Waals surface area contributed by atoms with Gasteiger partial charge in [-0.1, -0.05) is 38.1 Å². The minimum absolute atomic E-state index is 0.151. The van der Waals surface area contributed by atoms with Crippen LogP contribution in [-0.2, 0) is 6.54 Å². The van der Waals surface area contributed by atoms with Crippen LogP contribution in [0.4, 0.5) is 0 Å². The van der Waals surface area contributed by atoms with Crippen LogP contribution in [0.3, 0.4) is 0 Å². The van der Waals surface area contributed by atoms with E-state index in [1.807, 2.05) is 12.1 Å². The molecule has 1 atom stereocenters. The van der Waals surface area contributed by atoms with Crippen LogP contribution in [0.5, 0.6) is 17.2 Å². The molecular formula is C21H29NO3. The Bertz CT molecular complexity index is 655. The Morgan fingerprint density at radius 3 is 1.80 bits per heavy atom. The standard InChI is InChI=1S/C21H29NO3/c1-14(2)17-9-7-16(8-10-17)13-22-15(3)18-11-19(23-4)21(25-6)20(12-18)24-5/h7-12,14-15,22H,13H2,1-6H3. The molecule has 0 aliphatic rings. The molecule has 0 amide bonds. The molecule has 4 heteroatoms. The predicted molar refractivity (Wildman–Crippen MR) is 102 cm³/mol. The second-order valence-corrected chi connectivity index (χ2v) is 6.46. The van der Waals surface area contributed by atoms with E-state index in [0.717, 1.165) is 12.1 Å². The van der Waals surface area contributed by atoms with Gasteiger partial charge in [-0.3, -0.25) is 0 Å². The van der Waals surface area contributed by atoms with Crippen molar-refractivity contribution in [3.63, 3.8) is 0 Å². The molecule has 2 rings (SSSR count). The molecule has 0 saturated heterocycles. The zero-order valence-corrected chi connectivity index (χ0v) is 16.1. The van der Waals surface area contributed by atoms with Gasteiger partial charge in [-0.2, -0.15) is 0 Å². The minimum Gasteiger partial charge on any atom is -0.493 e. The molecule has 25 heavy (non-hydrogen) atoms. The first-order chi connectivity index (χ1) is 12.0. The molecule has 0 aliphatic heterocycles. The van der Waals surface area contributed by atoms with Gasteiger partial charge >= 0.3 is 0 Å².